The molecule has 1 atom stereocenters. The van der Waals surface area contributed by atoms with E-state index in [2.05, 4.69) is 15.6 Å². The Hall–Kier alpha value is -1.44. The summed E-state index contributed by atoms with van der Waals surface area (Å²) in [6.45, 7) is 1.83. The highest BCUT2D eigenvalue weighted by Crippen LogP contribution is 2.24. The summed E-state index contributed by atoms with van der Waals surface area (Å²) in [7, 11) is 0. The van der Waals surface area contributed by atoms with Crippen LogP contribution in [-0.2, 0) is 10.5 Å². The van der Waals surface area contributed by atoms with Gasteiger partial charge in [0.2, 0.25) is 5.91 Å². The average Bonchev–Trinajstić information content (AvgIpc) is 2.97. The van der Waals surface area contributed by atoms with Crippen LogP contribution in [0.3, 0.4) is 0 Å². The molecule has 2 aromatic rings. The highest BCUT2D eigenvalue weighted by Gasteiger charge is 2.13. The van der Waals surface area contributed by atoms with Crippen LogP contribution in [0.1, 0.15) is 24.0 Å². The maximum Gasteiger partial charge on any atom is 0.241 e. The monoisotopic (exact) mass is 294 g/mol. The minimum atomic E-state index is -0.241. The summed E-state index contributed by atoms with van der Waals surface area (Å²) < 4.78 is 0.958. The number of hydrogen-bond donors (Lipinski definition) is 2. The van der Waals surface area contributed by atoms with Gasteiger partial charge in [-0.05, 0) is 18.1 Å². The molecule has 2 rings (SSSR count). The number of nitrogens with two attached hydrogens (primary N) is 1. The van der Waals surface area contributed by atoms with Gasteiger partial charge in [0, 0.05) is 5.75 Å². The molecule has 3 N–H and O–H groups in total. The number of amides is 1. The third-order valence-corrected chi connectivity index (χ3v) is 4.65. The van der Waals surface area contributed by atoms with Gasteiger partial charge in [-0.3, -0.25) is 10.2 Å². The van der Waals surface area contributed by atoms with Gasteiger partial charge < -0.3 is 0 Å². The van der Waals surface area contributed by atoms with Gasteiger partial charge in [-0.15, -0.1) is 10.2 Å². The van der Waals surface area contributed by atoms with E-state index < -0.39 is 0 Å². The molecule has 0 radical (unpaired) electrons. The summed E-state index contributed by atoms with van der Waals surface area (Å²) in [4.78, 5) is 11.4. The first-order chi connectivity index (χ1) is 9.20. The first kappa shape index (κ1) is 14.0. The van der Waals surface area contributed by atoms with E-state index in [1.54, 1.807) is 17.3 Å². The van der Waals surface area contributed by atoms with Gasteiger partial charge in [0.15, 0.2) is 4.34 Å². The van der Waals surface area contributed by atoms with Crippen LogP contribution in [0.5, 0.6) is 0 Å². The van der Waals surface area contributed by atoms with E-state index in [0.717, 1.165) is 15.7 Å². The molecule has 0 aliphatic heterocycles. The Kier molecular flexibility index (Phi) is 4.89. The van der Waals surface area contributed by atoms with Crippen molar-refractivity contribution in [2.45, 2.75) is 22.9 Å². The number of carbonyl (C=O) groups excluding carboxylic acids is 1. The summed E-state index contributed by atoms with van der Waals surface area (Å²) in [5.74, 6) is 5.54. The number of aromatic nitrogens is 2. The molecule has 19 heavy (non-hydrogen) atoms. The van der Waals surface area contributed by atoms with Gasteiger partial charge in [-0.1, -0.05) is 47.4 Å². The molecule has 0 saturated carbocycles. The van der Waals surface area contributed by atoms with Crippen molar-refractivity contribution >= 4 is 29.0 Å². The number of carbonyl (C=O) groups is 1. The Balaban J connectivity index is 1.96. The zero-order valence-electron chi connectivity index (χ0n) is 10.4. The summed E-state index contributed by atoms with van der Waals surface area (Å²) >= 11 is 3.18. The van der Waals surface area contributed by atoms with Crippen LogP contribution in [0.25, 0.3) is 0 Å². The second-order valence-corrected chi connectivity index (χ2v) is 6.02. The third kappa shape index (κ3) is 3.76. The van der Waals surface area contributed by atoms with E-state index in [0.29, 0.717) is 0 Å². The number of hydrogen-bond acceptors (Lipinski definition) is 6. The van der Waals surface area contributed by atoms with Crippen LogP contribution >= 0.6 is 23.1 Å². The van der Waals surface area contributed by atoms with Crippen LogP contribution < -0.4 is 11.3 Å². The second-order valence-electron chi connectivity index (χ2n) is 3.97. The SMILES string of the molecule is CC(C(=O)NN)c1ccc(CSc2nncs2)cc1. The molecule has 0 saturated heterocycles. The molecule has 0 aliphatic carbocycles. The van der Waals surface area contributed by atoms with Crippen molar-refractivity contribution in [3.63, 3.8) is 0 Å². The zero-order chi connectivity index (χ0) is 13.7. The van der Waals surface area contributed by atoms with E-state index >= 15 is 0 Å². The molecule has 1 amide bonds. The lowest BCUT2D eigenvalue weighted by atomic mass is 10.00. The number of benzene rings is 1. The predicted molar refractivity (Wildman–Crippen MR) is 76.7 cm³/mol. The van der Waals surface area contributed by atoms with Crippen molar-refractivity contribution in [2.24, 2.45) is 5.84 Å². The quantitative estimate of drug-likeness (QED) is 0.381. The van der Waals surface area contributed by atoms with Crippen LogP contribution in [-0.4, -0.2) is 16.1 Å². The molecule has 0 spiro atoms. The molecule has 0 fully saturated rings. The highest BCUT2D eigenvalue weighted by atomic mass is 32.2. The minimum absolute atomic E-state index is 0.184. The smallest absolute Gasteiger partial charge is 0.241 e. The van der Waals surface area contributed by atoms with Crippen molar-refractivity contribution < 1.29 is 4.79 Å². The standard InChI is InChI=1S/C12H14N4OS2/c1-8(11(17)15-13)10-4-2-9(3-5-10)6-18-12-16-14-7-19-12/h2-5,7-8H,6,13H2,1H3,(H,15,17). The number of thioether (sulfide) groups is 1. The summed E-state index contributed by atoms with van der Waals surface area (Å²) in [6.07, 6.45) is 0. The number of nitrogens with one attached hydrogen (secondary N) is 1. The fourth-order valence-corrected chi connectivity index (χ4v) is 2.99. The van der Waals surface area contributed by atoms with E-state index in [1.807, 2.05) is 31.2 Å². The maximum atomic E-state index is 11.4. The molecule has 5 nitrogen and oxygen atoms in total. The first-order valence-electron chi connectivity index (χ1n) is 5.69. The van der Waals surface area contributed by atoms with E-state index in [-0.39, 0.29) is 11.8 Å². The normalized spacial score (nSPS) is 12.1. The van der Waals surface area contributed by atoms with Crippen molar-refractivity contribution in [1.82, 2.24) is 15.6 Å². The fourth-order valence-electron chi connectivity index (χ4n) is 1.55. The van der Waals surface area contributed by atoms with Gasteiger partial charge in [0.05, 0.1) is 5.92 Å². The van der Waals surface area contributed by atoms with Crippen molar-refractivity contribution in [3.8, 4) is 0 Å². The van der Waals surface area contributed by atoms with E-state index in [4.69, 9.17) is 5.84 Å². The fraction of sp³-hybridized carbons (Fsp3) is 0.250. The minimum Gasteiger partial charge on any atom is -0.294 e. The lowest BCUT2D eigenvalue weighted by Crippen LogP contribution is -2.33. The summed E-state index contributed by atoms with van der Waals surface area (Å²) in [5, 5.41) is 7.77. The Morgan fingerprint density at radius 2 is 2.21 bits per heavy atom. The maximum absolute atomic E-state index is 11.4. The Labute approximate surface area is 119 Å². The van der Waals surface area contributed by atoms with Gasteiger partial charge in [0.25, 0.3) is 0 Å². The van der Waals surface area contributed by atoms with Gasteiger partial charge >= 0.3 is 0 Å². The summed E-state index contributed by atoms with van der Waals surface area (Å²) in [6, 6.07) is 7.94. The number of hydrazine groups is 1. The lowest BCUT2D eigenvalue weighted by Gasteiger charge is -2.10. The Morgan fingerprint density at radius 1 is 1.47 bits per heavy atom. The molecule has 1 aromatic heterocycles. The number of nitrogens with zero attached hydrogens (tertiary/aromatic N) is 2. The Morgan fingerprint density at radius 3 is 2.79 bits per heavy atom. The molecule has 1 heterocycles. The van der Waals surface area contributed by atoms with Crippen molar-refractivity contribution in [1.29, 1.82) is 0 Å². The van der Waals surface area contributed by atoms with Crippen LogP contribution in [0.4, 0.5) is 0 Å². The summed E-state index contributed by atoms with van der Waals surface area (Å²) in [5.41, 5.74) is 6.02. The van der Waals surface area contributed by atoms with Gasteiger partial charge in [0.1, 0.15) is 5.51 Å². The predicted octanol–water partition coefficient (Wildman–Crippen LogP) is 1.92. The van der Waals surface area contributed by atoms with Gasteiger partial charge in [-0.2, -0.15) is 0 Å². The number of rotatable bonds is 5. The largest absolute Gasteiger partial charge is 0.294 e. The molecular formula is C12H14N4OS2. The van der Waals surface area contributed by atoms with E-state index in [9.17, 15) is 4.79 Å². The molecule has 0 aliphatic rings. The molecule has 0 bridgehead atoms. The zero-order valence-corrected chi connectivity index (χ0v) is 12.0. The van der Waals surface area contributed by atoms with E-state index in [1.165, 1.54) is 16.9 Å². The van der Waals surface area contributed by atoms with Gasteiger partial charge in [-0.25, -0.2) is 5.84 Å². The van der Waals surface area contributed by atoms with Crippen LogP contribution in [0.15, 0.2) is 34.1 Å². The van der Waals surface area contributed by atoms with Crippen molar-refractivity contribution in [3.05, 3.63) is 40.9 Å². The molecule has 1 unspecified atom stereocenters. The topological polar surface area (TPSA) is 80.9 Å². The van der Waals surface area contributed by atoms with Crippen LogP contribution in [0.2, 0.25) is 0 Å². The lowest BCUT2D eigenvalue weighted by molar-refractivity contribution is -0.122. The third-order valence-electron chi connectivity index (χ3n) is 2.72. The molecule has 1 aromatic carbocycles. The van der Waals surface area contributed by atoms with Crippen LogP contribution in [0, 0.1) is 0 Å². The Bertz CT molecular complexity index is 527. The molecular weight excluding hydrogens is 280 g/mol. The molecule has 7 heteroatoms. The van der Waals surface area contributed by atoms with Crippen molar-refractivity contribution in [2.75, 3.05) is 0 Å². The second kappa shape index (κ2) is 6.65. The highest BCUT2D eigenvalue weighted by molar-refractivity contribution is 8.00. The molecule has 100 valence electrons. The first-order valence-corrected chi connectivity index (χ1v) is 7.55. The average molecular weight is 294 g/mol.